The average molecular weight is 334 g/mol. The molecule has 120 valence electrons. The molecule has 0 aromatic heterocycles. The van der Waals surface area contributed by atoms with E-state index >= 15 is 0 Å². The Morgan fingerprint density at radius 1 is 1.04 bits per heavy atom. The van der Waals surface area contributed by atoms with Crippen LogP contribution in [0.3, 0.4) is 0 Å². The van der Waals surface area contributed by atoms with Crippen molar-refractivity contribution in [2.45, 2.75) is 0 Å². The summed E-state index contributed by atoms with van der Waals surface area (Å²) in [6.07, 6.45) is 0. The van der Waals surface area contributed by atoms with Crippen LogP contribution < -0.4 is 20.7 Å². The fraction of sp³-hybridized carbons (Fsp3) is 0.125. The Kier molecular flexibility index (Phi) is 5.43. The van der Waals surface area contributed by atoms with Crippen LogP contribution in [0.25, 0.3) is 0 Å². The van der Waals surface area contributed by atoms with Gasteiger partial charge in [0.2, 0.25) is 0 Å². The molecule has 23 heavy (non-hydrogen) atoms. The summed E-state index contributed by atoms with van der Waals surface area (Å²) in [5, 5.41) is 8.26. The van der Waals surface area contributed by atoms with Crippen molar-refractivity contribution in [3.8, 4) is 5.75 Å². The first kappa shape index (κ1) is 16.6. The van der Waals surface area contributed by atoms with E-state index in [0.717, 1.165) is 0 Å². The van der Waals surface area contributed by atoms with Gasteiger partial charge in [-0.2, -0.15) is 0 Å². The Balaban J connectivity index is 2.19. The zero-order valence-corrected chi connectivity index (χ0v) is 13.4. The number of carbonyl (C=O) groups is 2. The highest BCUT2D eigenvalue weighted by Crippen LogP contribution is 2.24. The quantitative estimate of drug-likeness (QED) is 0.802. The predicted molar refractivity (Wildman–Crippen MR) is 90.5 cm³/mol. The standard InChI is InChI=1S/C16H16ClN3O3/c1-18-16(22)20-12-5-3-4-11(9-12)19-15(21)13-8-10(17)6-7-14(13)23-2/h3-9H,1-2H3,(H,19,21)(H2,18,20,22). The van der Waals surface area contributed by atoms with E-state index < -0.39 is 0 Å². The highest BCUT2D eigenvalue weighted by molar-refractivity contribution is 6.31. The first-order valence-corrected chi connectivity index (χ1v) is 7.15. The molecular formula is C16H16ClN3O3. The number of urea groups is 1. The monoisotopic (exact) mass is 333 g/mol. The molecule has 2 rings (SSSR count). The minimum Gasteiger partial charge on any atom is -0.496 e. The van der Waals surface area contributed by atoms with E-state index in [1.807, 2.05) is 0 Å². The molecule has 0 aliphatic heterocycles. The molecule has 0 unspecified atom stereocenters. The number of halogens is 1. The number of amides is 3. The smallest absolute Gasteiger partial charge is 0.318 e. The van der Waals surface area contributed by atoms with E-state index in [0.29, 0.717) is 27.7 Å². The largest absolute Gasteiger partial charge is 0.496 e. The number of methoxy groups -OCH3 is 1. The molecule has 0 fully saturated rings. The summed E-state index contributed by atoms with van der Waals surface area (Å²) in [4.78, 5) is 23.7. The SMILES string of the molecule is CNC(=O)Nc1cccc(NC(=O)c2cc(Cl)ccc2OC)c1. The number of hydrogen-bond donors (Lipinski definition) is 3. The molecule has 0 aliphatic carbocycles. The third-order valence-corrected chi connectivity index (χ3v) is 3.25. The molecule has 3 amide bonds. The summed E-state index contributed by atoms with van der Waals surface area (Å²) in [7, 11) is 3.00. The van der Waals surface area contributed by atoms with Gasteiger partial charge in [-0.05, 0) is 36.4 Å². The van der Waals surface area contributed by atoms with Crippen LogP contribution in [0.2, 0.25) is 5.02 Å². The maximum atomic E-state index is 12.4. The molecule has 0 radical (unpaired) electrons. The Labute approximate surface area is 138 Å². The van der Waals surface area contributed by atoms with Gasteiger partial charge in [-0.15, -0.1) is 0 Å². The molecular weight excluding hydrogens is 318 g/mol. The third-order valence-electron chi connectivity index (χ3n) is 3.01. The van der Waals surface area contributed by atoms with Gasteiger partial charge in [0.15, 0.2) is 0 Å². The second-order valence-corrected chi connectivity index (χ2v) is 5.02. The predicted octanol–water partition coefficient (Wildman–Crippen LogP) is 3.35. The zero-order chi connectivity index (χ0) is 16.8. The average Bonchev–Trinajstić information content (AvgIpc) is 2.55. The summed E-state index contributed by atoms with van der Waals surface area (Å²) in [5.41, 5.74) is 1.41. The van der Waals surface area contributed by atoms with Gasteiger partial charge in [-0.1, -0.05) is 17.7 Å². The maximum absolute atomic E-state index is 12.4. The second kappa shape index (κ2) is 7.51. The van der Waals surface area contributed by atoms with Crippen LogP contribution in [0.5, 0.6) is 5.75 Å². The van der Waals surface area contributed by atoms with Crippen molar-refractivity contribution in [3.63, 3.8) is 0 Å². The van der Waals surface area contributed by atoms with Gasteiger partial charge in [0.25, 0.3) is 5.91 Å². The van der Waals surface area contributed by atoms with Crippen molar-refractivity contribution >= 4 is 34.9 Å². The van der Waals surface area contributed by atoms with Crippen LogP contribution in [-0.4, -0.2) is 26.1 Å². The van der Waals surface area contributed by atoms with Crippen LogP contribution >= 0.6 is 11.6 Å². The topological polar surface area (TPSA) is 79.5 Å². The lowest BCUT2D eigenvalue weighted by Gasteiger charge is -2.11. The third kappa shape index (κ3) is 4.37. The fourth-order valence-electron chi connectivity index (χ4n) is 1.92. The summed E-state index contributed by atoms with van der Waals surface area (Å²) in [5.74, 6) is 0.0629. The highest BCUT2D eigenvalue weighted by atomic mass is 35.5. The first-order chi connectivity index (χ1) is 11.0. The number of benzene rings is 2. The Morgan fingerprint density at radius 3 is 2.39 bits per heavy atom. The number of hydrogen-bond acceptors (Lipinski definition) is 3. The number of rotatable bonds is 4. The van der Waals surface area contributed by atoms with Crippen LogP contribution in [-0.2, 0) is 0 Å². The minimum absolute atomic E-state index is 0.324. The Hall–Kier alpha value is -2.73. The van der Waals surface area contributed by atoms with Crippen molar-refractivity contribution in [3.05, 3.63) is 53.1 Å². The van der Waals surface area contributed by atoms with Crippen LogP contribution in [0.1, 0.15) is 10.4 Å². The molecule has 6 nitrogen and oxygen atoms in total. The molecule has 0 saturated carbocycles. The number of nitrogens with one attached hydrogen (secondary N) is 3. The van der Waals surface area contributed by atoms with Gasteiger partial charge in [-0.3, -0.25) is 4.79 Å². The lowest BCUT2D eigenvalue weighted by atomic mass is 10.1. The van der Waals surface area contributed by atoms with Crippen molar-refractivity contribution in [1.29, 1.82) is 0 Å². The van der Waals surface area contributed by atoms with Gasteiger partial charge >= 0.3 is 6.03 Å². The van der Waals surface area contributed by atoms with Crippen molar-refractivity contribution in [1.82, 2.24) is 5.32 Å². The fourth-order valence-corrected chi connectivity index (χ4v) is 2.10. The zero-order valence-electron chi connectivity index (χ0n) is 12.6. The van der Waals surface area contributed by atoms with E-state index in [9.17, 15) is 9.59 Å². The number of ether oxygens (including phenoxy) is 1. The minimum atomic E-state index is -0.360. The normalized spacial score (nSPS) is 9.87. The van der Waals surface area contributed by atoms with E-state index in [2.05, 4.69) is 16.0 Å². The molecule has 0 saturated heterocycles. The van der Waals surface area contributed by atoms with Crippen molar-refractivity contribution in [2.24, 2.45) is 0 Å². The molecule has 2 aromatic carbocycles. The van der Waals surface area contributed by atoms with E-state index in [1.54, 1.807) is 36.4 Å². The molecule has 0 spiro atoms. The number of anilines is 2. The summed E-state index contributed by atoms with van der Waals surface area (Å²) in [6, 6.07) is 11.2. The molecule has 0 heterocycles. The highest BCUT2D eigenvalue weighted by Gasteiger charge is 2.13. The molecule has 0 aliphatic rings. The Bertz CT molecular complexity index is 734. The van der Waals surface area contributed by atoms with Gasteiger partial charge in [-0.25, -0.2) is 4.79 Å². The van der Waals surface area contributed by atoms with Gasteiger partial charge in [0, 0.05) is 23.4 Å². The van der Waals surface area contributed by atoms with Crippen LogP contribution in [0.4, 0.5) is 16.2 Å². The van der Waals surface area contributed by atoms with Gasteiger partial charge in [0.05, 0.1) is 12.7 Å². The van der Waals surface area contributed by atoms with Crippen LogP contribution in [0, 0.1) is 0 Å². The lowest BCUT2D eigenvalue weighted by Crippen LogP contribution is -2.24. The van der Waals surface area contributed by atoms with Gasteiger partial charge in [0.1, 0.15) is 5.75 Å². The molecule has 7 heteroatoms. The molecule has 0 bridgehead atoms. The van der Waals surface area contributed by atoms with E-state index in [-0.39, 0.29) is 11.9 Å². The van der Waals surface area contributed by atoms with Crippen molar-refractivity contribution < 1.29 is 14.3 Å². The lowest BCUT2D eigenvalue weighted by molar-refractivity contribution is 0.102. The molecule has 0 atom stereocenters. The maximum Gasteiger partial charge on any atom is 0.318 e. The summed E-state index contributed by atoms with van der Waals surface area (Å²) >= 11 is 5.93. The van der Waals surface area contributed by atoms with Crippen molar-refractivity contribution in [2.75, 3.05) is 24.8 Å². The molecule has 2 aromatic rings. The van der Waals surface area contributed by atoms with Crippen LogP contribution in [0.15, 0.2) is 42.5 Å². The van der Waals surface area contributed by atoms with Gasteiger partial charge < -0.3 is 20.7 Å². The Morgan fingerprint density at radius 2 is 1.74 bits per heavy atom. The second-order valence-electron chi connectivity index (χ2n) is 4.58. The first-order valence-electron chi connectivity index (χ1n) is 6.77. The van der Waals surface area contributed by atoms with E-state index in [1.165, 1.54) is 20.2 Å². The summed E-state index contributed by atoms with van der Waals surface area (Å²) in [6.45, 7) is 0. The summed E-state index contributed by atoms with van der Waals surface area (Å²) < 4.78 is 5.17. The van der Waals surface area contributed by atoms with E-state index in [4.69, 9.17) is 16.3 Å². The molecule has 3 N–H and O–H groups in total. The number of carbonyl (C=O) groups excluding carboxylic acids is 2.